The lowest BCUT2D eigenvalue weighted by Crippen LogP contribution is -2.14. The van der Waals surface area contributed by atoms with Gasteiger partial charge in [-0.3, -0.25) is 0 Å². The van der Waals surface area contributed by atoms with Gasteiger partial charge in [-0.25, -0.2) is 9.97 Å². The molecule has 5 heteroatoms. The van der Waals surface area contributed by atoms with Crippen LogP contribution in [0.25, 0.3) is 11.1 Å². The standard InChI is InChI=1S/C16H18N4O/c1-20(2)15-8-7-12(10-18-15)9-17-11-16-19-13-5-3-4-6-14(13)21-16/h3-8,10,17H,9,11H2,1-2H3. The Balaban J connectivity index is 1.58. The van der Waals surface area contributed by atoms with Crippen LogP contribution in [0, 0.1) is 0 Å². The number of rotatable bonds is 5. The van der Waals surface area contributed by atoms with E-state index < -0.39 is 0 Å². The van der Waals surface area contributed by atoms with E-state index in [1.54, 1.807) is 0 Å². The van der Waals surface area contributed by atoms with Gasteiger partial charge in [0.25, 0.3) is 0 Å². The largest absolute Gasteiger partial charge is 0.439 e. The lowest BCUT2D eigenvalue weighted by atomic mass is 10.3. The Labute approximate surface area is 123 Å². The zero-order chi connectivity index (χ0) is 14.7. The SMILES string of the molecule is CN(C)c1ccc(CNCc2nc3ccccc3o2)cn1. The molecule has 0 saturated carbocycles. The Morgan fingerprint density at radius 1 is 1.10 bits per heavy atom. The fraction of sp³-hybridized carbons (Fsp3) is 0.250. The summed E-state index contributed by atoms with van der Waals surface area (Å²) in [7, 11) is 3.96. The van der Waals surface area contributed by atoms with E-state index in [4.69, 9.17) is 4.42 Å². The molecule has 0 aliphatic heterocycles. The fourth-order valence-electron chi connectivity index (χ4n) is 2.10. The van der Waals surface area contributed by atoms with E-state index in [9.17, 15) is 0 Å². The number of aromatic nitrogens is 2. The molecule has 0 bridgehead atoms. The summed E-state index contributed by atoms with van der Waals surface area (Å²) in [4.78, 5) is 10.8. The zero-order valence-corrected chi connectivity index (χ0v) is 12.2. The summed E-state index contributed by atoms with van der Waals surface area (Å²) in [5, 5.41) is 3.32. The molecule has 0 aliphatic carbocycles. The van der Waals surface area contributed by atoms with Crippen LogP contribution >= 0.6 is 0 Å². The molecule has 2 heterocycles. The second-order valence-electron chi connectivity index (χ2n) is 5.10. The minimum absolute atomic E-state index is 0.601. The highest BCUT2D eigenvalue weighted by Gasteiger charge is 2.04. The molecule has 0 atom stereocenters. The van der Waals surface area contributed by atoms with E-state index in [2.05, 4.69) is 21.4 Å². The van der Waals surface area contributed by atoms with Crippen molar-refractivity contribution in [3.63, 3.8) is 0 Å². The average molecular weight is 282 g/mol. The summed E-state index contributed by atoms with van der Waals surface area (Å²) in [6.45, 7) is 1.34. The van der Waals surface area contributed by atoms with Gasteiger partial charge in [-0.2, -0.15) is 0 Å². The third kappa shape index (κ3) is 3.20. The number of fused-ring (bicyclic) bond motifs is 1. The quantitative estimate of drug-likeness (QED) is 0.779. The molecule has 5 nitrogen and oxygen atoms in total. The Bertz CT molecular complexity index is 685. The van der Waals surface area contributed by atoms with Crippen molar-refractivity contribution in [3.8, 4) is 0 Å². The number of oxazole rings is 1. The first-order valence-corrected chi connectivity index (χ1v) is 6.90. The van der Waals surface area contributed by atoms with Crippen molar-refractivity contribution in [3.05, 3.63) is 54.0 Å². The van der Waals surface area contributed by atoms with Crippen LogP contribution < -0.4 is 10.2 Å². The maximum Gasteiger partial charge on any atom is 0.209 e. The van der Waals surface area contributed by atoms with Crippen LogP contribution in [0.5, 0.6) is 0 Å². The maximum absolute atomic E-state index is 5.66. The molecular formula is C16H18N4O. The minimum atomic E-state index is 0.601. The van der Waals surface area contributed by atoms with E-state index in [1.165, 1.54) is 0 Å². The molecule has 0 amide bonds. The van der Waals surface area contributed by atoms with Gasteiger partial charge in [-0.1, -0.05) is 18.2 Å². The van der Waals surface area contributed by atoms with Gasteiger partial charge >= 0.3 is 0 Å². The van der Waals surface area contributed by atoms with Crippen LogP contribution in [0.1, 0.15) is 11.5 Å². The molecule has 3 rings (SSSR count). The van der Waals surface area contributed by atoms with Crippen LogP contribution in [0.2, 0.25) is 0 Å². The molecule has 3 aromatic rings. The number of benzene rings is 1. The van der Waals surface area contributed by atoms with Gasteiger partial charge < -0.3 is 14.6 Å². The molecule has 0 fully saturated rings. The number of pyridine rings is 1. The molecule has 0 saturated heterocycles. The van der Waals surface area contributed by atoms with Crippen molar-refractivity contribution in [2.24, 2.45) is 0 Å². The second kappa shape index (κ2) is 5.93. The van der Waals surface area contributed by atoms with Crippen molar-refractivity contribution in [1.82, 2.24) is 15.3 Å². The second-order valence-corrected chi connectivity index (χ2v) is 5.10. The van der Waals surface area contributed by atoms with Gasteiger partial charge in [-0.15, -0.1) is 0 Å². The fourth-order valence-corrected chi connectivity index (χ4v) is 2.10. The smallest absolute Gasteiger partial charge is 0.209 e. The van der Waals surface area contributed by atoms with Gasteiger partial charge in [0.15, 0.2) is 5.58 Å². The Morgan fingerprint density at radius 3 is 2.67 bits per heavy atom. The number of nitrogens with zero attached hydrogens (tertiary/aromatic N) is 3. The topological polar surface area (TPSA) is 54.2 Å². The van der Waals surface area contributed by atoms with Crippen molar-refractivity contribution in [1.29, 1.82) is 0 Å². The summed E-state index contributed by atoms with van der Waals surface area (Å²) >= 11 is 0. The number of para-hydroxylation sites is 2. The predicted molar refractivity (Wildman–Crippen MR) is 83.1 cm³/mol. The molecular weight excluding hydrogens is 264 g/mol. The molecule has 0 aliphatic rings. The molecule has 0 unspecified atom stereocenters. The van der Waals surface area contributed by atoms with E-state index >= 15 is 0 Å². The normalized spacial score (nSPS) is 11.0. The number of hydrogen-bond donors (Lipinski definition) is 1. The predicted octanol–water partition coefficient (Wildman–Crippen LogP) is 2.58. The average Bonchev–Trinajstić information content (AvgIpc) is 2.90. The third-order valence-electron chi connectivity index (χ3n) is 3.21. The van der Waals surface area contributed by atoms with Gasteiger partial charge in [0.1, 0.15) is 11.3 Å². The molecule has 0 radical (unpaired) electrons. The molecule has 2 aromatic heterocycles. The zero-order valence-electron chi connectivity index (χ0n) is 12.2. The van der Waals surface area contributed by atoms with Crippen molar-refractivity contribution >= 4 is 16.9 Å². The Kier molecular flexibility index (Phi) is 3.83. The Morgan fingerprint density at radius 2 is 1.95 bits per heavy atom. The molecule has 1 N–H and O–H groups in total. The molecule has 108 valence electrons. The summed E-state index contributed by atoms with van der Waals surface area (Å²) in [6, 6.07) is 11.9. The van der Waals surface area contributed by atoms with E-state index in [1.807, 2.05) is 55.5 Å². The van der Waals surface area contributed by atoms with Crippen molar-refractivity contribution < 1.29 is 4.42 Å². The first-order chi connectivity index (χ1) is 10.2. The monoisotopic (exact) mass is 282 g/mol. The molecule has 0 spiro atoms. The third-order valence-corrected chi connectivity index (χ3v) is 3.21. The summed E-state index contributed by atoms with van der Waals surface area (Å²) < 4.78 is 5.66. The first-order valence-electron chi connectivity index (χ1n) is 6.90. The highest BCUT2D eigenvalue weighted by Crippen LogP contribution is 2.14. The lowest BCUT2D eigenvalue weighted by molar-refractivity contribution is 0.495. The minimum Gasteiger partial charge on any atom is -0.439 e. The van der Waals surface area contributed by atoms with Gasteiger partial charge in [-0.05, 0) is 23.8 Å². The summed E-state index contributed by atoms with van der Waals surface area (Å²) in [5.74, 6) is 1.66. The number of hydrogen-bond acceptors (Lipinski definition) is 5. The van der Waals surface area contributed by atoms with Gasteiger partial charge in [0.2, 0.25) is 5.89 Å². The lowest BCUT2D eigenvalue weighted by Gasteiger charge is -2.11. The summed E-state index contributed by atoms with van der Waals surface area (Å²) in [5.41, 5.74) is 2.86. The van der Waals surface area contributed by atoms with Crippen molar-refractivity contribution in [2.45, 2.75) is 13.1 Å². The van der Waals surface area contributed by atoms with Crippen LogP contribution in [-0.2, 0) is 13.1 Å². The van der Waals surface area contributed by atoms with Crippen LogP contribution in [0.3, 0.4) is 0 Å². The van der Waals surface area contributed by atoms with Crippen LogP contribution in [0.4, 0.5) is 5.82 Å². The van der Waals surface area contributed by atoms with Crippen molar-refractivity contribution in [2.75, 3.05) is 19.0 Å². The number of nitrogens with one attached hydrogen (secondary N) is 1. The highest BCUT2D eigenvalue weighted by molar-refractivity contribution is 5.72. The first kappa shape index (κ1) is 13.6. The summed E-state index contributed by atoms with van der Waals surface area (Å²) in [6.07, 6.45) is 1.88. The van der Waals surface area contributed by atoms with E-state index in [0.29, 0.717) is 12.4 Å². The Hall–Kier alpha value is -2.40. The van der Waals surface area contributed by atoms with Gasteiger partial charge in [0.05, 0.1) is 6.54 Å². The van der Waals surface area contributed by atoms with Crippen LogP contribution in [-0.4, -0.2) is 24.1 Å². The van der Waals surface area contributed by atoms with E-state index in [-0.39, 0.29) is 0 Å². The van der Waals surface area contributed by atoms with E-state index in [0.717, 1.165) is 29.0 Å². The maximum atomic E-state index is 5.66. The number of anilines is 1. The molecule has 1 aromatic carbocycles. The highest BCUT2D eigenvalue weighted by atomic mass is 16.3. The van der Waals surface area contributed by atoms with Gasteiger partial charge in [0, 0.05) is 26.8 Å². The molecule has 21 heavy (non-hydrogen) atoms. The van der Waals surface area contributed by atoms with Crippen LogP contribution in [0.15, 0.2) is 47.0 Å².